The Balaban J connectivity index is 0.000000408. The van der Waals surface area contributed by atoms with Gasteiger partial charge in [-0.1, -0.05) is 140 Å². The number of hydrogen-bond donors (Lipinski definition) is 0. The molecule has 4 aliphatic rings. The SMILES string of the molecule is CC.CC(C)(C)CC(=O)C1(C(=O)Cc2ccccc2)CC1.CC(C)(C)CC(=O)CC(=O)CC1CC1.CC(C)(C)CC(=O)CC(=O)CC1CCC1.CC(C)CC(=O)OC1CCC1. The number of ether oxygens (including phenoxy) is 1. The van der Waals surface area contributed by atoms with Crippen molar-refractivity contribution in [2.75, 3.05) is 0 Å². The first-order chi connectivity index (χ1) is 28.2. The zero-order valence-electron chi connectivity index (χ0n) is 40.9. The first kappa shape index (κ1) is 55.7. The molecule has 0 N–H and O–H groups in total. The summed E-state index contributed by atoms with van der Waals surface area (Å²) in [6.07, 6.45) is 15.2. The second-order valence-electron chi connectivity index (χ2n) is 22.1. The highest BCUT2D eigenvalue weighted by Gasteiger charge is 2.55. The van der Waals surface area contributed by atoms with Gasteiger partial charge in [0.1, 0.15) is 35.0 Å². The molecule has 4 fully saturated rings. The Morgan fingerprint density at radius 1 is 0.590 bits per heavy atom. The highest BCUT2D eigenvalue weighted by atomic mass is 16.5. The van der Waals surface area contributed by atoms with E-state index in [0.29, 0.717) is 62.7 Å². The lowest BCUT2D eigenvalue weighted by Gasteiger charge is -2.25. The minimum absolute atomic E-state index is 0.00777. The van der Waals surface area contributed by atoms with Crippen molar-refractivity contribution in [3.05, 3.63) is 35.9 Å². The predicted octanol–water partition coefficient (Wildman–Crippen LogP) is 12.6. The van der Waals surface area contributed by atoms with Crippen LogP contribution in [0.25, 0.3) is 0 Å². The molecule has 0 aromatic heterocycles. The van der Waals surface area contributed by atoms with Crippen LogP contribution in [0.5, 0.6) is 0 Å². The molecule has 0 radical (unpaired) electrons. The van der Waals surface area contributed by atoms with Crippen LogP contribution in [0.15, 0.2) is 30.3 Å². The summed E-state index contributed by atoms with van der Waals surface area (Å²) in [6, 6.07) is 9.69. The van der Waals surface area contributed by atoms with E-state index in [1.54, 1.807) is 0 Å². The zero-order valence-corrected chi connectivity index (χ0v) is 40.9. The third-order valence-corrected chi connectivity index (χ3v) is 10.8. The molecular formula is C53H86O8. The van der Waals surface area contributed by atoms with Crippen molar-refractivity contribution in [2.24, 2.45) is 39.4 Å². The van der Waals surface area contributed by atoms with Crippen LogP contribution < -0.4 is 0 Å². The molecule has 0 bridgehead atoms. The van der Waals surface area contributed by atoms with Gasteiger partial charge >= 0.3 is 5.97 Å². The molecule has 0 heterocycles. The summed E-state index contributed by atoms with van der Waals surface area (Å²) in [6.45, 7) is 26.4. The Hall–Kier alpha value is -3.29. The van der Waals surface area contributed by atoms with Gasteiger partial charge in [-0.2, -0.15) is 0 Å². The topological polar surface area (TPSA) is 129 Å². The van der Waals surface area contributed by atoms with Crippen LogP contribution in [0, 0.1) is 39.4 Å². The van der Waals surface area contributed by atoms with Crippen molar-refractivity contribution in [2.45, 2.75) is 218 Å². The fourth-order valence-corrected chi connectivity index (χ4v) is 7.05. The fraction of sp³-hybridized carbons (Fsp3) is 0.755. The van der Waals surface area contributed by atoms with Crippen molar-refractivity contribution in [3.8, 4) is 0 Å². The van der Waals surface area contributed by atoms with Gasteiger partial charge in [0.25, 0.3) is 0 Å². The largest absolute Gasteiger partial charge is 0.462 e. The molecule has 0 atom stereocenters. The molecule has 1 aromatic rings. The Morgan fingerprint density at radius 2 is 1.02 bits per heavy atom. The fourth-order valence-electron chi connectivity index (χ4n) is 7.05. The highest BCUT2D eigenvalue weighted by molar-refractivity contribution is 6.10. The number of esters is 1. The minimum Gasteiger partial charge on any atom is -0.462 e. The Bertz CT molecular complexity index is 1530. The van der Waals surface area contributed by atoms with Crippen molar-refractivity contribution < 1.29 is 38.3 Å². The summed E-state index contributed by atoms with van der Waals surface area (Å²) < 4.78 is 5.16. The number of rotatable bonds is 18. The van der Waals surface area contributed by atoms with Crippen LogP contribution in [-0.4, -0.2) is 46.8 Å². The average Bonchev–Trinajstić information content (AvgIpc) is 4.00. The van der Waals surface area contributed by atoms with Gasteiger partial charge in [-0.25, -0.2) is 0 Å². The summed E-state index contributed by atoms with van der Waals surface area (Å²) in [5.74, 6) is 2.32. The number of carbonyl (C=O) groups is 7. The standard InChI is InChI=1S/C17H22O2.C13H22O2.C12H20O2.C9H16O2.C2H6/c1-16(2,3)12-15(19)17(9-10-17)14(18)11-13-7-5-4-6-8-13;1-13(2,3)9-12(15)8-11(14)7-10-5-4-6-10;1-12(2,3)8-11(14)7-10(13)6-9-4-5-9;1-7(2)6-9(10)11-8-4-3-5-8;1-2/h4-8H,9-12H2,1-3H3;10H,4-9H2,1-3H3;9H,4-8H2,1-3H3;7-8H,3-6H2,1-2H3;1-2H3. The van der Waals surface area contributed by atoms with Crippen molar-refractivity contribution in [1.29, 1.82) is 0 Å². The lowest BCUT2D eigenvalue weighted by Crippen LogP contribution is -2.30. The van der Waals surface area contributed by atoms with Crippen molar-refractivity contribution in [3.63, 3.8) is 0 Å². The third kappa shape index (κ3) is 26.7. The van der Waals surface area contributed by atoms with Crippen LogP contribution in [-0.2, 0) is 44.7 Å². The number of Topliss-reactive ketones (excluding diaryl/α,β-unsaturated/α-hetero) is 6. The van der Waals surface area contributed by atoms with Gasteiger partial charge in [0.05, 0.1) is 18.3 Å². The van der Waals surface area contributed by atoms with Gasteiger partial charge < -0.3 is 4.74 Å². The van der Waals surface area contributed by atoms with E-state index in [2.05, 4.69) is 0 Å². The molecule has 61 heavy (non-hydrogen) atoms. The summed E-state index contributed by atoms with van der Waals surface area (Å²) >= 11 is 0. The first-order valence-electron chi connectivity index (χ1n) is 23.6. The molecule has 1 aromatic carbocycles. The molecule has 0 aliphatic heterocycles. The van der Waals surface area contributed by atoms with E-state index in [1.165, 1.54) is 38.5 Å². The Labute approximate surface area is 371 Å². The number of ketones is 6. The number of hydrogen-bond acceptors (Lipinski definition) is 8. The molecule has 0 amide bonds. The van der Waals surface area contributed by atoms with E-state index in [4.69, 9.17) is 4.74 Å². The van der Waals surface area contributed by atoms with E-state index in [0.717, 1.165) is 31.2 Å². The van der Waals surface area contributed by atoms with Crippen LogP contribution >= 0.6 is 0 Å². The van der Waals surface area contributed by atoms with Gasteiger partial charge in [-0.15, -0.1) is 0 Å². The molecular weight excluding hydrogens is 765 g/mol. The maximum atomic E-state index is 12.4. The Kier molecular flexibility index (Phi) is 24.1. The zero-order chi connectivity index (χ0) is 46.6. The molecule has 4 saturated carbocycles. The first-order valence-corrected chi connectivity index (χ1v) is 23.6. The van der Waals surface area contributed by atoms with E-state index in [1.807, 2.05) is 120 Å². The maximum absolute atomic E-state index is 12.4. The molecule has 8 nitrogen and oxygen atoms in total. The molecule has 4 aliphatic carbocycles. The number of benzene rings is 1. The third-order valence-electron chi connectivity index (χ3n) is 10.8. The van der Waals surface area contributed by atoms with Gasteiger partial charge in [0, 0.05) is 44.9 Å². The summed E-state index contributed by atoms with van der Waals surface area (Å²) in [4.78, 5) is 81.7. The minimum atomic E-state index is -0.650. The maximum Gasteiger partial charge on any atom is 0.306 e. The molecule has 5 rings (SSSR count). The van der Waals surface area contributed by atoms with Gasteiger partial charge in [0.2, 0.25) is 0 Å². The molecule has 8 heteroatoms. The second-order valence-corrected chi connectivity index (χ2v) is 22.1. The average molecular weight is 851 g/mol. The quantitative estimate of drug-likeness (QED) is 0.105. The monoisotopic (exact) mass is 851 g/mol. The van der Waals surface area contributed by atoms with Crippen LogP contribution in [0.4, 0.5) is 0 Å². The molecule has 0 saturated heterocycles. The van der Waals surface area contributed by atoms with Gasteiger partial charge in [-0.05, 0) is 84.5 Å². The summed E-state index contributed by atoms with van der Waals surface area (Å²) in [5.41, 5.74) is 0.329. The second kappa shape index (κ2) is 26.4. The molecule has 0 spiro atoms. The van der Waals surface area contributed by atoms with E-state index >= 15 is 0 Å². The van der Waals surface area contributed by atoms with Crippen molar-refractivity contribution in [1.82, 2.24) is 0 Å². The van der Waals surface area contributed by atoms with E-state index in [-0.39, 0.29) is 75.9 Å². The lowest BCUT2D eigenvalue weighted by molar-refractivity contribution is -0.153. The smallest absolute Gasteiger partial charge is 0.306 e. The van der Waals surface area contributed by atoms with E-state index < -0.39 is 5.41 Å². The molecule has 346 valence electrons. The Morgan fingerprint density at radius 3 is 1.34 bits per heavy atom. The predicted molar refractivity (Wildman–Crippen MR) is 247 cm³/mol. The van der Waals surface area contributed by atoms with Crippen LogP contribution in [0.2, 0.25) is 0 Å². The van der Waals surface area contributed by atoms with Gasteiger partial charge in [-0.3, -0.25) is 33.6 Å². The molecule has 0 unspecified atom stereocenters. The van der Waals surface area contributed by atoms with Gasteiger partial charge in [0.15, 0.2) is 5.78 Å². The lowest BCUT2D eigenvalue weighted by atomic mass is 9.80. The number of carbonyl (C=O) groups excluding carboxylic acids is 7. The van der Waals surface area contributed by atoms with E-state index in [9.17, 15) is 33.6 Å². The summed E-state index contributed by atoms with van der Waals surface area (Å²) in [5, 5.41) is 0. The van der Waals surface area contributed by atoms with Crippen molar-refractivity contribution >= 4 is 40.7 Å². The van der Waals surface area contributed by atoms with Crippen LogP contribution in [0.1, 0.15) is 211 Å². The van der Waals surface area contributed by atoms with Crippen LogP contribution in [0.3, 0.4) is 0 Å². The summed E-state index contributed by atoms with van der Waals surface area (Å²) in [7, 11) is 0. The highest BCUT2D eigenvalue weighted by Crippen LogP contribution is 2.50. The normalized spacial score (nSPS) is 16.8.